The Morgan fingerprint density at radius 3 is 2.84 bits per heavy atom. The van der Waals surface area contributed by atoms with Crippen molar-refractivity contribution >= 4 is 11.8 Å². The predicted octanol–water partition coefficient (Wildman–Crippen LogP) is -0.879. The third kappa shape index (κ3) is 6.02. The molecule has 0 atom stereocenters. The second-order valence-corrected chi connectivity index (χ2v) is 5.12. The van der Waals surface area contributed by atoms with E-state index in [0.717, 1.165) is 12.8 Å². The van der Waals surface area contributed by atoms with E-state index in [0.29, 0.717) is 12.2 Å². The molecule has 0 aromatic carbocycles. The van der Waals surface area contributed by atoms with Crippen LogP contribution in [0.25, 0.3) is 0 Å². The molecular formula is C14H20N6O5. The number of nitrogens with two attached hydrogens (primary N) is 1. The molecule has 4 N–H and O–H groups in total. The summed E-state index contributed by atoms with van der Waals surface area (Å²) in [5.74, 6) is -1.67. The normalized spacial score (nSPS) is 13.6. The van der Waals surface area contributed by atoms with Gasteiger partial charge < -0.3 is 20.8 Å². The summed E-state index contributed by atoms with van der Waals surface area (Å²) in [6.07, 6.45) is 4.81. The summed E-state index contributed by atoms with van der Waals surface area (Å²) in [6.45, 7) is 2.54. The molecule has 0 aliphatic carbocycles. The molecule has 0 radical (unpaired) electrons. The number of amides is 2. The van der Waals surface area contributed by atoms with Crippen LogP contribution in [0.5, 0.6) is 0 Å². The molecule has 0 aromatic rings. The van der Waals surface area contributed by atoms with Gasteiger partial charge in [0.2, 0.25) is 0 Å². The van der Waals surface area contributed by atoms with E-state index in [4.69, 9.17) is 11.0 Å². The van der Waals surface area contributed by atoms with Crippen molar-refractivity contribution in [3.05, 3.63) is 33.2 Å². The molecule has 11 nitrogen and oxygen atoms in total. The summed E-state index contributed by atoms with van der Waals surface area (Å²) in [5.41, 5.74) is 5.77. The molecular weight excluding hydrogens is 332 g/mol. The summed E-state index contributed by atoms with van der Waals surface area (Å²) in [4.78, 5) is 39.8. The van der Waals surface area contributed by atoms with Crippen molar-refractivity contribution in [3.63, 3.8) is 0 Å². The van der Waals surface area contributed by atoms with Gasteiger partial charge in [0.05, 0.1) is 12.1 Å². The molecule has 2 amide bonds. The molecule has 0 spiro atoms. The van der Waals surface area contributed by atoms with Gasteiger partial charge in [-0.15, -0.1) is 10.1 Å². The SMILES string of the molecule is CCCCNC1=CC(C(=O)NC#N)=C(C(N)=O)N(CCO[N+](=O)[O-])C1. The summed E-state index contributed by atoms with van der Waals surface area (Å²) in [6, 6.07) is 0. The van der Waals surface area contributed by atoms with E-state index in [1.807, 2.05) is 12.2 Å². The molecule has 1 rings (SSSR count). The van der Waals surface area contributed by atoms with Gasteiger partial charge in [0, 0.05) is 18.8 Å². The summed E-state index contributed by atoms with van der Waals surface area (Å²) in [7, 11) is 0. The van der Waals surface area contributed by atoms with E-state index in [-0.39, 0.29) is 31.0 Å². The molecule has 136 valence electrons. The van der Waals surface area contributed by atoms with Crippen LogP contribution in [0.1, 0.15) is 19.8 Å². The quantitative estimate of drug-likeness (QED) is 0.150. The Morgan fingerprint density at radius 2 is 2.28 bits per heavy atom. The minimum absolute atomic E-state index is 0.0324. The van der Waals surface area contributed by atoms with E-state index in [1.54, 1.807) is 0 Å². The predicted molar refractivity (Wildman–Crippen MR) is 85.5 cm³/mol. The molecule has 1 heterocycles. The third-order valence-corrected chi connectivity index (χ3v) is 3.34. The number of rotatable bonds is 10. The molecule has 11 heteroatoms. The van der Waals surface area contributed by atoms with Crippen LogP contribution in [-0.4, -0.2) is 48.0 Å². The number of carbonyl (C=O) groups is 2. The van der Waals surface area contributed by atoms with Gasteiger partial charge >= 0.3 is 0 Å². The molecule has 1 aliphatic rings. The third-order valence-electron chi connectivity index (χ3n) is 3.34. The van der Waals surface area contributed by atoms with E-state index < -0.39 is 16.9 Å². The Kier molecular flexibility index (Phi) is 7.71. The highest BCUT2D eigenvalue weighted by Gasteiger charge is 2.28. The lowest BCUT2D eigenvalue weighted by molar-refractivity contribution is -0.757. The summed E-state index contributed by atoms with van der Waals surface area (Å²) >= 11 is 0. The van der Waals surface area contributed by atoms with Gasteiger partial charge in [0.15, 0.2) is 6.19 Å². The maximum Gasteiger partial charge on any atom is 0.294 e. The molecule has 0 fully saturated rings. The first-order chi connectivity index (χ1) is 11.9. The van der Waals surface area contributed by atoms with Crippen LogP contribution in [0.3, 0.4) is 0 Å². The van der Waals surface area contributed by atoms with E-state index in [1.165, 1.54) is 17.2 Å². The average molecular weight is 352 g/mol. The zero-order valence-electron chi connectivity index (χ0n) is 13.8. The van der Waals surface area contributed by atoms with Gasteiger partial charge in [-0.05, 0) is 12.5 Å². The molecule has 0 saturated heterocycles. The van der Waals surface area contributed by atoms with E-state index in [2.05, 4.69) is 10.2 Å². The standard InChI is InChI=1S/C14H20N6O5/c1-2-3-4-17-10-7-11(14(22)18-9-15)12(13(16)21)19(8-10)5-6-25-20(23)24/h7,17H,2-6,8H2,1H3,(H2,16,21)(H,18,22). The highest BCUT2D eigenvalue weighted by Crippen LogP contribution is 2.20. The summed E-state index contributed by atoms with van der Waals surface area (Å²) < 4.78 is 0. The average Bonchev–Trinajstić information content (AvgIpc) is 2.54. The Bertz CT molecular complexity index is 636. The maximum atomic E-state index is 12.1. The van der Waals surface area contributed by atoms with Crippen molar-refractivity contribution in [1.82, 2.24) is 15.5 Å². The van der Waals surface area contributed by atoms with Crippen molar-refractivity contribution in [2.24, 2.45) is 5.73 Å². The Hall–Kier alpha value is -3.29. The van der Waals surface area contributed by atoms with Crippen LogP contribution >= 0.6 is 0 Å². The lowest BCUT2D eigenvalue weighted by Gasteiger charge is -2.31. The van der Waals surface area contributed by atoms with E-state index >= 15 is 0 Å². The lowest BCUT2D eigenvalue weighted by atomic mass is 10.0. The smallest absolute Gasteiger partial charge is 0.294 e. The highest BCUT2D eigenvalue weighted by atomic mass is 16.9. The number of hydrogen-bond acceptors (Lipinski definition) is 8. The Balaban J connectivity index is 3.10. The van der Waals surface area contributed by atoms with Gasteiger partial charge in [-0.1, -0.05) is 13.3 Å². The second-order valence-electron chi connectivity index (χ2n) is 5.12. The molecule has 0 bridgehead atoms. The zero-order valence-corrected chi connectivity index (χ0v) is 13.8. The topological polar surface area (TPSA) is 164 Å². The largest absolute Gasteiger partial charge is 0.387 e. The number of nitrogens with one attached hydrogen (secondary N) is 2. The maximum absolute atomic E-state index is 12.1. The van der Waals surface area contributed by atoms with Crippen LogP contribution in [0, 0.1) is 21.6 Å². The first kappa shape index (κ1) is 19.8. The van der Waals surface area contributed by atoms with Crippen molar-refractivity contribution in [2.45, 2.75) is 19.8 Å². The monoisotopic (exact) mass is 352 g/mol. The second kappa shape index (κ2) is 9.76. The van der Waals surface area contributed by atoms with Crippen molar-refractivity contribution in [1.29, 1.82) is 5.26 Å². The number of hydrogen-bond donors (Lipinski definition) is 3. The van der Waals surface area contributed by atoms with Crippen LogP contribution in [-0.2, 0) is 14.4 Å². The fourth-order valence-electron chi connectivity index (χ4n) is 2.27. The highest BCUT2D eigenvalue weighted by molar-refractivity contribution is 6.06. The van der Waals surface area contributed by atoms with Gasteiger partial charge in [-0.3, -0.25) is 14.9 Å². The Labute approximate surface area is 144 Å². The minimum atomic E-state index is -0.947. The molecule has 25 heavy (non-hydrogen) atoms. The number of nitrogens with zero attached hydrogens (tertiary/aromatic N) is 3. The first-order valence-electron chi connectivity index (χ1n) is 7.60. The molecule has 1 aliphatic heterocycles. The van der Waals surface area contributed by atoms with Gasteiger partial charge in [0.25, 0.3) is 16.9 Å². The van der Waals surface area contributed by atoms with Gasteiger partial charge in [-0.2, -0.15) is 5.26 Å². The Morgan fingerprint density at radius 1 is 1.56 bits per heavy atom. The fourth-order valence-corrected chi connectivity index (χ4v) is 2.27. The van der Waals surface area contributed by atoms with Gasteiger partial charge in [-0.25, -0.2) is 0 Å². The molecule has 0 saturated carbocycles. The number of unbranched alkanes of at least 4 members (excludes halogenated alkanes) is 1. The molecule has 0 unspecified atom stereocenters. The molecule has 0 aromatic heterocycles. The van der Waals surface area contributed by atoms with Crippen LogP contribution in [0.4, 0.5) is 0 Å². The minimum Gasteiger partial charge on any atom is -0.387 e. The van der Waals surface area contributed by atoms with E-state index in [9.17, 15) is 19.7 Å². The van der Waals surface area contributed by atoms with Crippen molar-refractivity contribution in [3.8, 4) is 6.19 Å². The summed E-state index contributed by atoms with van der Waals surface area (Å²) in [5, 5.41) is 23.1. The van der Waals surface area contributed by atoms with Crippen LogP contribution in [0.2, 0.25) is 0 Å². The van der Waals surface area contributed by atoms with Crippen molar-refractivity contribution in [2.75, 3.05) is 26.2 Å². The lowest BCUT2D eigenvalue weighted by Crippen LogP contribution is -2.42. The van der Waals surface area contributed by atoms with Gasteiger partial charge in [0.1, 0.15) is 12.3 Å². The fraction of sp³-hybridized carbons (Fsp3) is 0.500. The number of nitriles is 1. The first-order valence-corrected chi connectivity index (χ1v) is 7.60. The van der Waals surface area contributed by atoms with Crippen LogP contribution < -0.4 is 16.4 Å². The van der Waals surface area contributed by atoms with Crippen molar-refractivity contribution < 1.29 is 19.5 Å². The number of carbonyl (C=O) groups excluding carboxylic acids is 2. The van der Waals surface area contributed by atoms with Crippen LogP contribution in [0.15, 0.2) is 23.0 Å². The zero-order chi connectivity index (χ0) is 18.8. The number of primary amides is 1.